The molecule has 1 aromatic rings. The number of benzene rings is 1. The van der Waals surface area contributed by atoms with Crippen LogP contribution in [0.15, 0.2) is 18.2 Å². The van der Waals surface area contributed by atoms with E-state index < -0.39 is 0 Å². The summed E-state index contributed by atoms with van der Waals surface area (Å²) < 4.78 is 12.8. The molecule has 1 rings (SSSR count). The molecule has 0 unspecified atom stereocenters. The van der Waals surface area contributed by atoms with Crippen molar-refractivity contribution in [3.8, 4) is 0 Å². The molecule has 0 saturated heterocycles. The summed E-state index contributed by atoms with van der Waals surface area (Å²) in [4.78, 5) is 1.94. The quantitative estimate of drug-likeness (QED) is 0.547. The molecule has 0 saturated carbocycles. The van der Waals surface area contributed by atoms with E-state index in [1.54, 1.807) is 13.0 Å². The van der Waals surface area contributed by atoms with E-state index in [0.29, 0.717) is 11.4 Å². The molecule has 0 aliphatic heterocycles. The Bertz CT molecular complexity index is 275. The molecule has 0 atom stereocenters. The summed E-state index contributed by atoms with van der Waals surface area (Å²) in [5, 5.41) is 0. The van der Waals surface area contributed by atoms with Crippen molar-refractivity contribution in [1.29, 1.82) is 0 Å². The number of nitrogens with zero attached hydrogens (tertiary/aromatic N) is 1. The van der Waals surface area contributed by atoms with Gasteiger partial charge in [-0.2, -0.15) is 12.6 Å². The van der Waals surface area contributed by atoms with E-state index in [-0.39, 0.29) is 5.82 Å². The Morgan fingerprint density at radius 3 is 2.67 bits per heavy atom. The lowest BCUT2D eigenvalue weighted by atomic mass is 10.2. The normalized spacial score (nSPS) is 10.0. The molecule has 0 N–H and O–H groups in total. The second-order valence-corrected chi connectivity index (χ2v) is 3.06. The van der Waals surface area contributed by atoms with E-state index in [1.807, 2.05) is 18.0 Å². The number of aryl methyl sites for hydroxylation is 1. The molecule has 0 heterocycles. The molecular weight excluding hydrogens is 173 g/mol. The first-order chi connectivity index (χ1) is 5.65. The molecule has 66 valence electrons. The molecule has 0 radical (unpaired) electrons. The fourth-order valence-electron chi connectivity index (χ4n) is 0.948. The lowest BCUT2D eigenvalue weighted by Gasteiger charge is -2.16. The van der Waals surface area contributed by atoms with E-state index in [9.17, 15) is 4.39 Å². The van der Waals surface area contributed by atoms with E-state index in [1.165, 1.54) is 6.07 Å². The Labute approximate surface area is 77.6 Å². The monoisotopic (exact) mass is 185 g/mol. The Balaban J connectivity index is 2.96. The second-order valence-electron chi connectivity index (χ2n) is 2.77. The van der Waals surface area contributed by atoms with Gasteiger partial charge in [0.25, 0.3) is 0 Å². The largest absolute Gasteiger partial charge is 0.366 e. The van der Waals surface area contributed by atoms with Gasteiger partial charge in [0.1, 0.15) is 5.82 Å². The topological polar surface area (TPSA) is 3.24 Å². The van der Waals surface area contributed by atoms with Crippen molar-refractivity contribution in [3.63, 3.8) is 0 Å². The molecule has 0 amide bonds. The third kappa shape index (κ3) is 1.91. The number of thiol groups is 1. The van der Waals surface area contributed by atoms with Crippen LogP contribution in [0, 0.1) is 12.7 Å². The van der Waals surface area contributed by atoms with Crippen LogP contribution in [-0.2, 0) is 0 Å². The molecule has 0 aromatic heterocycles. The highest BCUT2D eigenvalue weighted by Crippen LogP contribution is 2.16. The third-order valence-corrected chi connectivity index (χ3v) is 2.22. The molecular formula is C9H12FNS. The van der Waals surface area contributed by atoms with Gasteiger partial charge in [0.2, 0.25) is 0 Å². The van der Waals surface area contributed by atoms with Crippen LogP contribution in [0.1, 0.15) is 5.56 Å². The van der Waals surface area contributed by atoms with Crippen molar-refractivity contribution >= 4 is 18.3 Å². The van der Waals surface area contributed by atoms with Crippen molar-refractivity contribution < 1.29 is 4.39 Å². The highest BCUT2D eigenvalue weighted by molar-refractivity contribution is 7.80. The minimum Gasteiger partial charge on any atom is -0.366 e. The van der Waals surface area contributed by atoms with Gasteiger partial charge in [0, 0.05) is 12.7 Å². The van der Waals surface area contributed by atoms with Crippen LogP contribution in [0.4, 0.5) is 10.1 Å². The molecule has 3 heteroatoms. The van der Waals surface area contributed by atoms with Crippen molar-refractivity contribution in [1.82, 2.24) is 0 Å². The van der Waals surface area contributed by atoms with Gasteiger partial charge in [-0.25, -0.2) is 4.39 Å². The van der Waals surface area contributed by atoms with Crippen molar-refractivity contribution in [2.45, 2.75) is 6.92 Å². The summed E-state index contributed by atoms with van der Waals surface area (Å²) in [6.45, 7) is 1.76. The maximum Gasteiger partial charge on any atom is 0.126 e. The summed E-state index contributed by atoms with van der Waals surface area (Å²) in [5.74, 6) is 0.469. The zero-order chi connectivity index (χ0) is 9.14. The van der Waals surface area contributed by atoms with E-state index in [4.69, 9.17) is 0 Å². The third-order valence-electron chi connectivity index (χ3n) is 1.79. The second kappa shape index (κ2) is 3.81. The zero-order valence-electron chi connectivity index (χ0n) is 7.21. The van der Waals surface area contributed by atoms with Crippen LogP contribution in [0.5, 0.6) is 0 Å². The van der Waals surface area contributed by atoms with Crippen molar-refractivity contribution in [2.75, 3.05) is 17.8 Å². The Kier molecular flexibility index (Phi) is 2.98. The summed E-state index contributed by atoms with van der Waals surface area (Å²) in [6, 6.07) is 5.04. The first-order valence-corrected chi connectivity index (χ1v) is 4.36. The maximum atomic E-state index is 12.8. The highest BCUT2D eigenvalue weighted by Gasteiger charge is 2.01. The molecule has 0 bridgehead atoms. The average molecular weight is 185 g/mol. The van der Waals surface area contributed by atoms with Gasteiger partial charge in [-0.15, -0.1) is 0 Å². The number of rotatable bonds is 2. The first kappa shape index (κ1) is 9.39. The smallest absolute Gasteiger partial charge is 0.126 e. The van der Waals surface area contributed by atoms with Crippen LogP contribution < -0.4 is 4.90 Å². The van der Waals surface area contributed by atoms with E-state index in [0.717, 1.165) is 5.69 Å². The number of hydrogen-bond donors (Lipinski definition) is 1. The predicted molar refractivity (Wildman–Crippen MR) is 53.4 cm³/mol. The number of hydrogen-bond acceptors (Lipinski definition) is 2. The van der Waals surface area contributed by atoms with Gasteiger partial charge in [0.15, 0.2) is 0 Å². The molecule has 0 aliphatic carbocycles. The van der Waals surface area contributed by atoms with Gasteiger partial charge < -0.3 is 4.90 Å². The highest BCUT2D eigenvalue weighted by atomic mass is 32.1. The van der Waals surface area contributed by atoms with Gasteiger partial charge in [0.05, 0.1) is 5.88 Å². The van der Waals surface area contributed by atoms with Gasteiger partial charge in [-0.1, -0.05) is 0 Å². The van der Waals surface area contributed by atoms with E-state index in [2.05, 4.69) is 12.6 Å². The standard InChI is InChI=1S/C9H12FNS/c1-7-5-8(11(2)6-12)3-4-9(7)10/h3-5,12H,6H2,1-2H3. The SMILES string of the molecule is Cc1cc(N(C)CS)ccc1F. The van der Waals surface area contributed by atoms with E-state index >= 15 is 0 Å². The van der Waals surface area contributed by atoms with Crippen molar-refractivity contribution in [2.24, 2.45) is 0 Å². The number of halogens is 1. The number of anilines is 1. The maximum absolute atomic E-state index is 12.8. The Morgan fingerprint density at radius 1 is 1.50 bits per heavy atom. The molecule has 1 aromatic carbocycles. The minimum absolute atomic E-state index is 0.161. The van der Waals surface area contributed by atoms with Crippen molar-refractivity contribution in [3.05, 3.63) is 29.6 Å². The van der Waals surface area contributed by atoms with Gasteiger partial charge >= 0.3 is 0 Å². The summed E-state index contributed by atoms with van der Waals surface area (Å²) in [7, 11) is 1.92. The fourth-order valence-corrected chi connectivity index (χ4v) is 1.11. The van der Waals surface area contributed by atoms with Crippen LogP contribution in [-0.4, -0.2) is 12.9 Å². The Hall–Kier alpha value is -0.700. The molecule has 0 aliphatic rings. The minimum atomic E-state index is -0.161. The van der Waals surface area contributed by atoms with Gasteiger partial charge in [-0.05, 0) is 30.7 Å². The molecule has 12 heavy (non-hydrogen) atoms. The summed E-state index contributed by atoms with van der Waals surface area (Å²) in [6.07, 6.45) is 0. The predicted octanol–water partition coefficient (Wildman–Crippen LogP) is 2.46. The first-order valence-electron chi connectivity index (χ1n) is 3.73. The average Bonchev–Trinajstić information content (AvgIpc) is 2.08. The van der Waals surface area contributed by atoms with Crippen LogP contribution in [0.3, 0.4) is 0 Å². The van der Waals surface area contributed by atoms with Crippen LogP contribution >= 0.6 is 12.6 Å². The van der Waals surface area contributed by atoms with Crippen LogP contribution in [0.2, 0.25) is 0 Å². The van der Waals surface area contributed by atoms with Crippen LogP contribution in [0.25, 0.3) is 0 Å². The zero-order valence-corrected chi connectivity index (χ0v) is 8.11. The fraction of sp³-hybridized carbons (Fsp3) is 0.333. The molecule has 1 nitrogen and oxygen atoms in total. The lowest BCUT2D eigenvalue weighted by Crippen LogP contribution is -2.14. The summed E-state index contributed by atoms with van der Waals surface area (Å²) in [5.41, 5.74) is 1.66. The van der Waals surface area contributed by atoms with Gasteiger partial charge in [-0.3, -0.25) is 0 Å². The lowest BCUT2D eigenvalue weighted by molar-refractivity contribution is 0.618. The summed E-state index contributed by atoms with van der Waals surface area (Å²) >= 11 is 4.12. The molecule has 0 fully saturated rings. The Morgan fingerprint density at radius 2 is 2.17 bits per heavy atom. The molecule has 0 spiro atoms.